The molecule has 0 spiro atoms. The number of carbonyl (C=O) groups is 1. The van der Waals surface area contributed by atoms with Crippen molar-refractivity contribution in [3.05, 3.63) is 12.2 Å². The highest BCUT2D eigenvalue weighted by atomic mass is 16.7. The van der Waals surface area contributed by atoms with Crippen molar-refractivity contribution in [1.82, 2.24) is 0 Å². The first-order chi connectivity index (χ1) is 10.3. The van der Waals surface area contributed by atoms with Gasteiger partial charge in [-0.3, -0.25) is 4.79 Å². The van der Waals surface area contributed by atoms with Crippen LogP contribution in [0.1, 0.15) is 12.8 Å². The van der Waals surface area contributed by atoms with E-state index in [4.69, 9.17) is 14.2 Å². The van der Waals surface area contributed by atoms with Gasteiger partial charge in [-0.2, -0.15) is 0 Å². The summed E-state index contributed by atoms with van der Waals surface area (Å²) in [6.07, 6.45) is 7.32. The number of hydrogen-bond acceptors (Lipinski definition) is 4. The summed E-state index contributed by atoms with van der Waals surface area (Å²) in [5.41, 5.74) is 0. The van der Waals surface area contributed by atoms with Crippen molar-refractivity contribution >= 4 is 5.97 Å². The van der Waals surface area contributed by atoms with E-state index in [9.17, 15) is 4.79 Å². The molecule has 8 atom stereocenters. The molecule has 0 saturated heterocycles. The summed E-state index contributed by atoms with van der Waals surface area (Å²) in [7, 11) is 3.29. The molecule has 0 aromatic heterocycles. The summed E-state index contributed by atoms with van der Waals surface area (Å²) < 4.78 is 15.6. The van der Waals surface area contributed by atoms with E-state index in [0.717, 1.165) is 11.8 Å². The number of carbonyl (C=O) groups excluding carboxylic acids is 1. The summed E-state index contributed by atoms with van der Waals surface area (Å²) in [5.74, 6) is 4.36. The fourth-order valence-corrected chi connectivity index (χ4v) is 6.15. The smallest absolute Gasteiger partial charge is 0.311 e. The van der Waals surface area contributed by atoms with Gasteiger partial charge < -0.3 is 14.2 Å². The summed E-state index contributed by atoms with van der Waals surface area (Å²) in [6.45, 7) is 0.741. The number of fused-ring (bicyclic) bond motifs is 9. The highest BCUT2D eigenvalue weighted by Crippen LogP contribution is 2.68. The maximum Gasteiger partial charge on any atom is 0.311 e. The van der Waals surface area contributed by atoms with Crippen LogP contribution in [-0.2, 0) is 19.0 Å². The van der Waals surface area contributed by atoms with Crippen molar-refractivity contribution in [3.63, 3.8) is 0 Å². The average molecular weight is 292 g/mol. The zero-order valence-corrected chi connectivity index (χ0v) is 12.7. The number of ether oxygens (including phenoxy) is 3. The Kier molecular flexibility index (Phi) is 3.34. The molecule has 4 aliphatic carbocycles. The monoisotopic (exact) mass is 292 g/mol. The zero-order valence-electron chi connectivity index (χ0n) is 12.7. The lowest BCUT2D eigenvalue weighted by atomic mass is 9.65. The van der Waals surface area contributed by atoms with E-state index >= 15 is 0 Å². The molecule has 0 aromatic carbocycles. The lowest BCUT2D eigenvalue weighted by Gasteiger charge is -2.40. The van der Waals surface area contributed by atoms with Gasteiger partial charge in [0.05, 0.1) is 12.5 Å². The van der Waals surface area contributed by atoms with E-state index in [0.29, 0.717) is 36.2 Å². The van der Waals surface area contributed by atoms with Crippen molar-refractivity contribution in [2.75, 3.05) is 27.6 Å². The molecule has 0 amide bonds. The number of esters is 1. The molecule has 0 radical (unpaired) electrons. The van der Waals surface area contributed by atoms with Crippen LogP contribution in [0.3, 0.4) is 0 Å². The SMILES string of the molecule is COCOC(=O)C1C(COC)C2CC1C1C3C=CC(C3)C21. The second-order valence-electron chi connectivity index (χ2n) is 7.18. The lowest BCUT2D eigenvalue weighted by molar-refractivity contribution is -0.166. The minimum Gasteiger partial charge on any atom is -0.438 e. The average Bonchev–Trinajstić information content (AvgIpc) is 3.21. The molecule has 21 heavy (non-hydrogen) atoms. The van der Waals surface area contributed by atoms with E-state index in [2.05, 4.69) is 12.2 Å². The first-order valence-corrected chi connectivity index (χ1v) is 8.09. The topological polar surface area (TPSA) is 44.8 Å². The van der Waals surface area contributed by atoms with Crippen molar-refractivity contribution in [3.8, 4) is 0 Å². The number of hydrogen-bond donors (Lipinski definition) is 0. The van der Waals surface area contributed by atoms with E-state index in [1.165, 1.54) is 12.8 Å². The Morgan fingerprint density at radius 3 is 2.43 bits per heavy atom. The van der Waals surface area contributed by atoms with Crippen LogP contribution in [0.5, 0.6) is 0 Å². The lowest BCUT2D eigenvalue weighted by Crippen LogP contribution is -2.42. The van der Waals surface area contributed by atoms with Crippen LogP contribution in [0.15, 0.2) is 12.2 Å². The van der Waals surface area contributed by atoms with Gasteiger partial charge in [-0.05, 0) is 54.3 Å². The largest absolute Gasteiger partial charge is 0.438 e. The van der Waals surface area contributed by atoms with E-state index < -0.39 is 0 Å². The van der Waals surface area contributed by atoms with Crippen LogP contribution >= 0.6 is 0 Å². The van der Waals surface area contributed by atoms with Gasteiger partial charge in [-0.25, -0.2) is 0 Å². The normalized spacial score (nSPS) is 48.9. The predicted molar refractivity (Wildman–Crippen MR) is 76.1 cm³/mol. The quantitative estimate of drug-likeness (QED) is 0.337. The Morgan fingerprint density at radius 2 is 1.76 bits per heavy atom. The molecule has 0 heterocycles. The Balaban J connectivity index is 1.59. The van der Waals surface area contributed by atoms with E-state index in [-0.39, 0.29) is 18.7 Å². The molecule has 3 saturated carbocycles. The molecule has 0 aliphatic heterocycles. The Bertz CT molecular complexity index is 460. The van der Waals surface area contributed by atoms with E-state index in [1.807, 2.05) is 0 Å². The molecular weight excluding hydrogens is 268 g/mol. The number of allylic oxidation sites excluding steroid dienone is 2. The third-order valence-corrected chi connectivity index (χ3v) is 6.54. The van der Waals surface area contributed by atoms with Crippen LogP contribution < -0.4 is 0 Å². The maximum atomic E-state index is 12.5. The highest BCUT2D eigenvalue weighted by Gasteiger charge is 2.66. The third-order valence-electron chi connectivity index (χ3n) is 6.54. The molecular formula is C17H24O4. The van der Waals surface area contributed by atoms with Crippen molar-refractivity contribution < 1.29 is 19.0 Å². The first-order valence-electron chi connectivity index (χ1n) is 8.09. The Hall–Kier alpha value is -0.870. The molecule has 4 nitrogen and oxygen atoms in total. The van der Waals surface area contributed by atoms with Crippen LogP contribution in [0.4, 0.5) is 0 Å². The van der Waals surface area contributed by atoms with Gasteiger partial charge in [-0.15, -0.1) is 0 Å². The predicted octanol–water partition coefficient (Wildman–Crippen LogP) is 2.10. The molecule has 0 N–H and O–H groups in total. The summed E-state index contributed by atoms with van der Waals surface area (Å²) in [6, 6.07) is 0. The molecule has 8 unspecified atom stereocenters. The van der Waals surface area contributed by atoms with Crippen LogP contribution in [0.2, 0.25) is 0 Å². The van der Waals surface area contributed by atoms with Crippen LogP contribution in [0, 0.1) is 47.3 Å². The van der Waals surface area contributed by atoms with Crippen molar-refractivity contribution in [1.29, 1.82) is 0 Å². The molecule has 4 heteroatoms. The minimum atomic E-state index is -0.0726. The van der Waals surface area contributed by atoms with Gasteiger partial charge in [0.1, 0.15) is 0 Å². The van der Waals surface area contributed by atoms with Crippen molar-refractivity contribution in [2.24, 2.45) is 47.3 Å². The van der Waals surface area contributed by atoms with Gasteiger partial charge in [-0.1, -0.05) is 12.2 Å². The summed E-state index contributed by atoms with van der Waals surface area (Å²) in [5, 5.41) is 0. The van der Waals surface area contributed by atoms with Crippen molar-refractivity contribution in [2.45, 2.75) is 12.8 Å². The first kappa shape index (κ1) is 13.8. The van der Waals surface area contributed by atoms with Gasteiger partial charge >= 0.3 is 5.97 Å². The van der Waals surface area contributed by atoms with E-state index in [1.54, 1.807) is 14.2 Å². The molecule has 116 valence electrons. The number of rotatable bonds is 5. The van der Waals surface area contributed by atoms with Gasteiger partial charge in [0.25, 0.3) is 0 Å². The van der Waals surface area contributed by atoms with Gasteiger partial charge in [0.2, 0.25) is 0 Å². The van der Waals surface area contributed by atoms with Gasteiger partial charge in [0, 0.05) is 14.2 Å². The molecule has 4 bridgehead atoms. The second kappa shape index (κ2) is 5.10. The number of methoxy groups -OCH3 is 2. The standard InChI is InChI=1S/C17H24O4/c1-19-7-13-11-6-12(16(13)17(18)21-8-20-2)15-10-4-3-9(5-10)14(11)15/h3-4,9-16H,5-8H2,1-2H3. The second-order valence-corrected chi connectivity index (χ2v) is 7.18. The minimum absolute atomic E-state index is 0.0131. The molecule has 0 aromatic rings. The highest BCUT2D eigenvalue weighted by molar-refractivity contribution is 5.74. The third kappa shape index (κ3) is 1.85. The summed E-state index contributed by atoms with van der Waals surface area (Å²) in [4.78, 5) is 12.5. The van der Waals surface area contributed by atoms with Crippen LogP contribution in [0.25, 0.3) is 0 Å². The molecule has 3 fully saturated rings. The Morgan fingerprint density at radius 1 is 1.05 bits per heavy atom. The molecule has 4 aliphatic rings. The Labute approximate surface area is 125 Å². The molecule has 4 rings (SSSR count). The summed E-state index contributed by atoms with van der Waals surface area (Å²) >= 11 is 0. The van der Waals surface area contributed by atoms with Gasteiger partial charge in [0.15, 0.2) is 6.79 Å². The maximum absolute atomic E-state index is 12.5. The zero-order chi connectivity index (χ0) is 14.6. The fourth-order valence-electron chi connectivity index (χ4n) is 6.15. The van der Waals surface area contributed by atoms with Crippen LogP contribution in [-0.4, -0.2) is 33.6 Å². The fraction of sp³-hybridized carbons (Fsp3) is 0.824.